The molecule has 2 saturated heterocycles. The van der Waals surface area contributed by atoms with Crippen molar-refractivity contribution in [2.24, 2.45) is 5.73 Å². The number of ether oxygens (including phenoxy) is 1. The number of likely N-dealkylation sites (tertiary alicyclic amines) is 2. The fraction of sp³-hybridized carbons (Fsp3) is 0.483. The highest BCUT2D eigenvalue weighted by Crippen LogP contribution is 2.27. The Balaban J connectivity index is 1.21. The Kier molecular flexibility index (Phi) is 9.32. The molecule has 214 valence electrons. The molecule has 3 aliphatic rings. The van der Waals surface area contributed by atoms with E-state index in [9.17, 15) is 14.4 Å². The minimum Gasteiger partial charge on any atom is -0.436 e. The average molecular weight is 677 g/mol. The summed E-state index contributed by atoms with van der Waals surface area (Å²) in [6.07, 6.45) is 2.43. The number of carbonyl (C=O) groups excluding carboxylic acids is 3. The first-order valence-corrected chi connectivity index (χ1v) is 15.5. The molecule has 0 aliphatic carbocycles. The topological polar surface area (TPSA) is 108 Å². The summed E-state index contributed by atoms with van der Waals surface area (Å²) in [7, 11) is 0. The highest BCUT2D eigenvalue weighted by molar-refractivity contribution is 9.13. The molecular weight excluding hydrogens is 642 g/mol. The minimum atomic E-state index is -0.928. The van der Waals surface area contributed by atoms with Crippen LogP contribution in [0.3, 0.4) is 0 Å². The number of nitrogens with zero attached hydrogens (tertiary/aromatic N) is 3. The quantitative estimate of drug-likeness (QED) is 0.475. The van der Waals surface area contributed by atoms with Gasteiger partial charge in [-0.2, -0.15) is 0 Å². The molecule has 4 amide bonds. The predicted octanol–water partition coefficient (Wildman–Crippen LogP) is 4.76. The van der Waals surface area contributed by atoms with Crippen molar-refractivity contribution in [3.05, 3.63) is 62.5 Å². The van der Waals surface area contributed by atoms with Crippen LogP contribution in [0.5, 0.6) is 0 Å². The number of rotatable bonds is 5. The number of benzene rings is 2. The number of nitrogens with two attached hydrogens (primary N) is 1. The molecule has 2 aromatic rings. The lowest BCUT2D eigenvalue weighted by Gasteiger charge is -2.38. The largest absolute Gasteiger partial charge is 0.436 e. The maximum atomic E-state index is 13.5. The van der Waals surface area contributed by atoms with Crippen LogP contribution in [-0.4, -0.2) is 83.6 Å². The summed E-state index contributed by atoms with van der Waals surface area (Å²) in [5, 5.41) is 3.03. The molecule has 1 unspecified atom stereocenters. The van der Waals surface area contributed by atoms with Crippen LogP contribution in [-0.2, 0) is 22.4 Å². The van der Waals surface area contributed by atoms with Crippen LogP contribution < -0.4 is 11.1 Å². The van der Waals surface area contributed by atoms with Crippen LogP contribution in [0, 0.1) is 0 Å². The molecule has 0 radical (unpaired) electrons. The van der Waals surface area contributed by atoms with Gasteiger partial charge in [-0.15, -0.1) is 0 Å². The Labute approximate surface area is 251 Å². The molecule has 5 rings (SSSR count). The van der Waals surface area contributed by atoms with Gasteiger partial charge in [0.05, 0.1) is 0 Å². The zero-order valence-corrected chi connectivity index (χ0v) is 25.5. The van der Waals surface area contributed by atoms with Crippen molar-refractivity contribution >= 4 is 55.6 Å². The number of fused-ring (bicyclic) bond motifs is 1. The molecule has 2 fully saturated rings. The number of hydrogen-bond donors (Lipinski definition) is 2. The monoisotopic (exact) mass is 675 g/mol. The van der Waals surface area contributed by atoms with Gasteiger partial charge < -0.3 is 30.5 Å². The molecule has 0 saturated carbocycles. The molecule has 9 nitrogen and oxygen atoms in total. The molecule has 11 heteroatoms. The van der Waals surface area contributed by atoms with Crippen molar-refractivity contribution in [2.45, 2.75) is 56.7 Å². The fourth-order valence-corrected chi connectivity index (χ4v) is 6.35. The van der Waals surface area contributed by atoms with Crippen molar-refractivity contribution in [3.8, 4) is 0 Å². The van der Waals surface area contributed by atoms with E-state index >= 15 is 0 Å². The second-order valence-electron chi connectivity index (χ2n) is 10.7. The van der Waals surface area contributed by atoms with Gasteiger partial charge in [-0.3, -0.25) is 4.79 Å². The molecule has 1 atom stereocenters. The van der Waals surface area contributed by atoms with E-state index in [0.29, 0.717) is 45.6 Å². The van der Waals surface area contributed by atoms with E-state index in [1.54, 1.807) is 9.80 Å². The highest BCUT2D eigenvalue weighted by Gasteiger charge is 2.35. The lowest BCUT2D eigenvalue weighted by molar-refractivity contribution is -0.142. The molecule has 0 spiro atoms. The van der Waals surface area contributed by atoms with Crippen LogP contribution in [0.15, 0.2) is 51.4 Å². The third kappa shape index (κ3) is 6.80. The van der Waals surface area contributed by atoms with Gasteiger partial charge in [-0.1, -0.05) is 24.3 Å². The second kappa shape index (κ2) is 12.9. The Morgan fingerprint density at radius 1 is 0.950 bits per heavy atom. The van der Waals surface area contributed by atoms with Gasteiger partial charge in [0, 0.05) is 65.9 Å². The normalized spacial score (nSPS) is 19.5. The average Bonchev–Trinajstić information content (AvgIpc) is 3.12. The summed E-state index contributed by atoms with van der Waals surface area (Å²) >= 11 is 7.00. The van der Waals surface area contributed by atoms with Gasteiger partial charge in [0.25, 0.3) is 5.91 Å². The van der Waals surface area contributed by atoms with E-state index < -0.39 is 12.2 Å². The van der Waals surface area contributed by atoms with Crippen molar-refractivity contribution in [1.29, 1.82) is 0 Å². The molecule has 0 bridgehead atoms. The third-order valence-electron chi connectivity index (χ3n) is 8.08. The Morgan fingerprint density at radius 3 is 2.38 bits per heavy atom. The van der Waals surface area contributed by atoms with Crippen LogP contribution in [0.2, 0.25) is 0 Å². The summed E-state index contributed by atoms with van der Waals surface area (Å²) in [6.45, 7) is 2.68. The Hall–Kier alpha value is -2.63. The smallest absolute Gasteiger partial charge is 0.410 e. The number of para-hydroxylation sites is 1. The van der Waals surface area contributed by atoms with Gasteiger partial charge in [0.15, 0.2) is 6.10 Å². The Morgan fingerprint density at radius 2 is 1.65 bits per heavy atom. The zero-order valence-electron chi connectivity index (χ0n) is 22.4. The number of urea groups is 1. The summed E-state index contributed by atoms with van der Waals surface area (Å²) in [5.74, 6) is -0.185. The standard InChI is InChI=1S/C29H35Br2N5O4/c30-23-6-5-19(17-24(23)31)18-26(27(37)34-12-8-21(32)9-13-34)40-29(39)35-14-10-22(11-15-35)36-16-7-20-3-1-2-4-25(20)33-28(36)38/h1-6,17,21-22,26H,7-16,18,32H2,(H,33,38). The number of halogens is 2. The van der Waals surface area contributed by atoms with Crippen LogP contribution in [0.4, 0.5) is 15.3 Å². The summed E-state index contributed by atoms with van der Waals surface area (Å²) in [6, 6.07) is 13.7. The van der Waals surface area contributed by atoms with Crippen molar-refractivity contribution < 1.29 is 19.1 Å². The van der Waals surface area contributed by atoms with E-state index in [-0.39, 0.29) is 30.4 Å². The molecule has 3 N–H and O–H groups in total. The Bertz CT molecular complexity index is 1240. The number of piperidine rings is 2. The highest BCUT2D eigenvalue weighted by atomic mass is 79.9. The molecule has 2 aromatic carbocycles. The molecule has 0 aromatic heterocycles. The van der Waals surface area contributed by atoms with Gasteiger partial charge in [0.2, 0.25) is 0 Å². The lowest BCUT2D eigenvalue weighted by atomic mass is 10.0. The SMILES string of the molecule is NC1CCN(C(=O)C(Cc2ccc(Br)c(Br)c2)OC(=O)N2CCC(N3CCc4ccccc4NC3=O)CC2)CC1. The number of amides is 4. The first-order valence-electron chi connectivity index (χ1n) is 13.9. The summed E-state index contributed by atoms with van der Waals surface area (Å²) in [5.41, 5.74) is 8.92. The molecule has 3 aliphatic heterocycles. The van der Waals surface area contributed by atoms with E-state index in [4.69, 9.17) is 10.5 Å². The third-order valence-corrected chi connectivity index (χ3v) is 9.96. The first-order chi connectivity index (χ1) is 19.3. The number of anilines is 1. The maximum Gasteiger partial charge on any atom is 0.410 e. The van der Waals surface area contributed by atoms with Crippen molar-refractivity contribution in [3.63, 3.8) is 0 Å². The predicted molar refractivity (Wildman–Crippen MR) is 160 cm³/mol. The fourth-order valence-electron chi connectivity index (χ4n) is 5.68. The van der Waals surface area contributed by atoms with Gasteiger partial charge >= 0.3 is 12.1 Å². The van der Waals surface area contributed by atoms with Crippen LogP contribution in [0.1, 0.15) is 36.8 Å². The summed E-state index contributed by atoms with van der Waals surface area (Å²) < 4.78 is 7.69. The van der Waals surface area contributed by atoms with Crippen LogP contribution in [0.25, 0.3) is 0 Å². The second-order valence-corrected chi connectivity index (χ2v) is 12.4. The molecule has 3 heterocycles. The molecular formula is C29H35Br2N5O4. The molecule has 40 heavy (non-hydrogen) atoms. The number of nitrogens with one attached hydrogen (secondary N) is 1. The van der Waals surface area contributed by atoms with Gasteiger partial charge in [0.1, 0.15) is 0 Å². The summed E-state index contributed by atoms with van der Waals surface area (Å²) in [4.78, 5) is 45.1. The number of hydrogen-bond acceptors (Lipinski definition) is 5. The van der Waals surface area contributed by atoms with Gasteiger partial charge in [-0.05, 0) is 93.3 Å². The van der Waals surface area contributed by atoms with Crippen molar-refractivity contribution in [1.82, 2.24) is 14.7 Å². The van der Waals surface area contributed by atoms with Crippen molar-refractivity contribution in [2.75, 3.05) is 38.0 Å². The minimum absolute atomic E-state index is 0.0356. The zero-order chi connectivity index (χ0) is 28.2. The van der Waals surface area contributed by atoms with E-state index in [1.807, 2.05) is 47.4 Å². The first kappa shape index (κ1) is 28.9. The van der Waals surface area contributed by atoms with Gasteiger partial charge in [-0.25, -0.2) is 9.59 Å². The number of carbonyl (C=O) groups is 3. The van der Waals surface area contributed by atoms with E-state index in [2.05, 4.69) is 37.2 Å². The van der Waals surface area contributed by atoms with Crippen LogP contribution >= 0.6 is 31.9 Å². The lowest BCUT2D eigenvalue weighted by Crippen LogP contribution is -2.52. The van der Waals surface area contributed by atoms with E-state index in [0.717, 1.165) is 45.0 Å². The van der Waals surface area contributed by atoms with E-state index in [1.165, 1.54) is 0 Å². The maximum absolute atomic E-state index is 13.5.